The van der Waals surface area contributed by atoms with Crippen LogP contribution in [0.1, 0.15) is 10.4 Å². The lowest BCUT2D eigenvalue weighted by atomic mass is 10.1. The zero-order chi connectivity index (χ0) is 25.6. The Labute approximate surface area is 200 Å². The van der Waals surface area contributed by atoms with Gasteiger partial charge in [0.25, 0.3) is 11.7 Å². The summed E-state index contributed by atoms with van der Waals surface area (Å²) < 4.78 is 37.5. The van der Waals surface area contributed by atoms with Crippen LogP contribution >= 0.6 is 0 Å². The lowest BCUT2D eigenvalue weighted by Gasteiger charge is -2.35. The molecule has 1 amide bonds. The van der Waals surface area contributed by atoms with Gasteiger partial charge in [0.05, 0.1) is 11.4 Å². The first kappa shape index (κ1) is 25.4. The smallest absolute Gasteiger partial charge is 0.373 e. The standard InChI is InChI=1S/C24H23F3N6O2/c1-31(2)23(35)18(15-28)16-32-11-13-33(14-12-32)21-9-7-20(8-10-21)30-29-19-5-3-17(4-6-19)22(34)24(25,26)27/h3-10,16H,11-14H2,1-2H3/b18-16-,30-29?. The molecule has 0 aliphatic carbocycles. The number of benzene rings is 2. The van der Waals surface area contributed by atoms with Crippen molar-refractivity contribution < 1.29 is 22.8 Å². The van der Waals surface area contributed by atoms with E-state index in [0.717, 1.165) is 17.8 Å². The fourth-order valence-corrected chi connectivity index (χ4v) is 3.35. The second-order valence-electron chi connectivity index (χ2n) is 7.97. The van der Waals surface area contributed by atoms with Gasteiger partial charge in [-0.05, 0) is 48.5 Å². The zero-order valence-electron chi connectivity index (χ0n) is 19.2. The lowest BCUT2D eigenvalue weighted by molar-refractivity contribution is -0.124. The number of carbonyl (C=O) groups is 2. The number of Topliss-reactive ketones (excluding diaryl/α,β-unsaturated/α-hetero) is 1. The molecule has 0 aromatic heterocycles. The molecule has 1 aliphatic heterocycles. The summed E-state index contributed by atoms with van der Waals surface area (Å²) in [6.45, 7) is 2.71. The van der Waals surface area contributed by atoms with Crippen LogP contribution in [0, 0.1) is 11.3 Å². The van der Waals surface area contributed by atoms with Gasteiger partial charge in [-0.3, -0.25) is 9.59 Å². The van der Waals surface area contributed by atoms with Crippen molar-refractivity contribution in [1.82, 2.24) is 9.80 Å². The van der Waals surface area contributed by atoms with Gasteiger partial charge in [0.1, 0.15) is 11.6 Å². The molecule has 1 saturated heterocycles. The van der Waals surface area contributed by atoms with E-state index in [4.69, 9.17) is 0 Å². The van der Waals surface area contributed by atoms with E-state index in [0.29, 0.717) is 37.6 Å². The van der Waals surface area contributed by atoms with Crippen LogP contribution in [0.4, 0.5) is 30.2 Å². The number of amides is 1. The largest absolute Gasteiger partial charge is 0.454 e. The molecule has 1 fully saturated rings. The van der Waals surface area contributed by atoms with Crippen LogP contribution in [0.15, 0.2) is 70.5 Å². The molecule has 0 radical (unpaired) electrons. The molecule has 182 valence electrons. The molecule has 35 heavy (non-hydrogen) atoms. The number of azo groups is 1. The van der Waals surface area contributed by atoms with Crippen molar-refractivity contribution in [2.45, 2.75) is 6.18 Å². The van der Waals surface area contributed by atoms with Gasteiger partial charge in [-0.1, -0.05) is 0 Å². The molecule has 2 aromatic rings. The number of ketones is 1. The van der Waals surface area contributed by atoms with Gasteiger partial charge in [-0.2, -0.15) is 28.7 Å². The van der Waals surface area contributed by atoms with Crippen molar-refractivity contribution in [2.24, 2.45) is 10.2 Å². The summed E-state index contributed by atoms with van der Waals surface area (Å²) in [7, 11) is 3.20. The molecule has 0 unspecified atom stereocenters. The minimum Gasteiger partial charge on any atom is -0.373 e. The van der Waals surface area contributed by atoms with Gasteiger partial charge in [0, 0.05) is 57.7 Å². The predicted molar refractivity (Wildman–Crippen MR) is 124 cm³/mol. The molecule has 2 aromatic carbocycles. The Morgan fingerprint density at radius 3 is 1.91 bits per heavy atom. The molecule has 1 heterocycles. The Balaban J connectivity index is 1.57. The highest BCUT2D eigenvalue weighted by Crippen LogP contribution is 2.25. The SMILES string of the molecule is CN(C)C(=O)/C(C#N)=C\N1CCN(c2ccc(N=Nc3ccc(C(=O)C(F)(F)F)cc3)cc2)CC1. The Morgan fingerprint density at radius 2 is 1.46 bits per heavy atom. The number of anilines is 1. The Hall–Kier alpha value is -4.20. The fraction of sp³-hybridized carbons (Fsp3) is 0.292. The summed E-state index contributed by atoms with van der Waals surface area (Å²) in [5.41, 5.74) is 1.50. The third-order valence-corrected chi connectivity index (χ3v) is 5.27. The topological polar surface area (TPSA) is 92.4 Å². The number of hydrogen-bond acceptors (Lipinski definition) is 7. The molecule has 1 aliphatic rings. The van der Waals surface area contributed by atoms with Crippen molar-refractivity contribution in [3.8, 4) is 6.07 Å². The maximum absolute atomic E-state index is 12.5. The van der Waals surface area contributed by atoms with Crippen molar-refractivity contribution >= 4 is 28.8 Å². The van der Waals surface area contributed by atoms with Crippen molar-refractivity contribution in [3.05, 3.63) is 65.9 Å². The summed E-state index contributed by atoms with van der Waals surface area (Å²) in [6, 6.07) is 14.0. The maximum atomic E-state index is 12.5. The highest BCUT2D eigenvalue weighted by Gasteiger charge is 2.39. The number of hydrogen-bond donors (Lipinski definition) is 0. The first-order valence-corrected chi connectivity index (χ1v) is 10.6. The average molecular weight is 484 g/mol. The van der Waals surface area contributed by atoms with Crippen LogP contribution in [0.2, 0.25) is 0 Å². The Kier molecular flexibility index (Phi) is 7.86. The van der Waals surface area contributed by atoms with E-state index >= 15 is 0 Å². The first-order valence-electron chi connectivity index (χ1n) is 10.6. The average Bonchev–Trinajstić information content (AvgIpc) is 2.85. The van der Waals surface area contributed by atoms with Gasteiger partial charge in [0.15, 0.2) is 0 Å². The van der Waals surface area contributed by atoms with Crippen LogP contribution in [0.25, 0.3) is 0 Å². The van der Waals surface area contributed by atoms with Gasteiger partial charge < -0.3 is 14.7 Å². The summed E-state index contributed by atoms with van der Waals surface area (Å²) in [5.74, 6) is -2.23. The number of nitrogens with zero attached hydrogens (tertiary/aromatic N) is 6. The number of nitriles is 1. The van der Waals surface area contributed by atoms with Gasteiger partial charge in [-0.15, -0.1) is 0 Å². The minimum absolute atomic E-state index is 0.0970. The van der Waals surface area contributed by atoms with E-state index in [-0.39, 0.29) is 11.5 Å². The fourth-order valence-electron chi connectivity index (χ4n) is 3.35. The van der Waals surface area contributed by atoms with Crippen LogP contribution in [-0.2, 0) is 4.79 Å². The monoisotopic (exact) mass is 484 g/mol. The molecule has 11 heteroatoms. The summed E-state index contributed by atoms with van der Waals surface area (Å²) >= 11 is 0. The van der Waals surface area contributed by atoms with E-state index in [1.165, 1.54) is 17.0 Å². The highest BCUT2D eigenvalue weighted by atomic mass is 19.4. The van der Waals surface area contributed by atoms with E-state index in [1.807, 2.05) is 23.1 Å². The molecule has 0 atom stereocenters. The van der Waals surface area contributed by atoms with Crippen LogP contribution < -0.4 is 4.90 Å². The summed E-state index contributed by atoms with van der Waals surface area (Å²) in [5, 5.41) is 17.3. The number of piperazine rings is 1. The van der Waals surface area contributed by atoms with Crippen molar-refractivity contribution in [1.29, 1.82) is 5.26 Å². The van der Waals surface area contributed by atoms with E-state index < -0.39 is 17.5 Å². The maximum Gasteiger partial charge on any atom is 0.454 e. The second-order valence-corrected chi connectivity index (χ2v) is 7.97. The Morgan fingerprint density at radius 1 is 0.943 bits per heavy atom. The Bertz CT molecular complexity index is 1160. The predicted octanol–water partition coefficient (Wildman–Crippen LogP) is 4.46. The number of carbonyl (C=O) groups excluding carboxylic acids is 2. The molecular weight excluding hydrogens is 461 g/mol. The van der Waals surface area contributed by atoms with E-state index in [9.17, 15) is 28.0 Å². The number of alkyl halides is 3. The van der Waals surface area contributed by atoms with Crippen LogP contribution in [-0.4, -0.2) is 67.9 Å². The van der Waals surface area contributed by atoms with E-state index in [1.54, 1.807) is 32.4 Å². The van der Waals surface area contributed by atoms with Crippen LogP contribution in [0.3, 0.4) is 0 Å². The zero-order valence-corrected chi connectivity index (χ0v) is 19.2. The van der Waals surface area contributed by atoms with Gasteiger partial charge >= 0.3 is 6.18 Å². The van der Waals surface area contributed by atoms with Gasteiger partial charge in [0.2, 0.25) is 0 Å². The molecule has 0 bridgehead atoms. The van der Waals surface area contributed by atoms with Gasteiger partial charge in [-0.25, -0.2) is 0 Å². The first-order chi connectivity index (χ1) is 16.6. The quantitative estimate of drug-likeness (QED) is 0.261. The third kappa shape index (κ3) is 6.66. The lowest BCUT2D eigenvalue weighted by Crippen LogP contribution is -2.44. The molecule has 3 rings (SSSR count). The summed E-state index contributed by atoms with van der Waals surface area (Å²) in [4.78, 5) is 28.7. The van der Waals surface area contributed by atoms with Crippen molar-refractivity contribution in [2.75, 3.05) is 45.2 Å². The van der Waals surface area contributed by atoms with E-state index in [2.05, 4.69) is 15.1 Å². The molecule has 0 spiro atoms. The van der Waals surface area contributed by atoms with Crippen molar-refractivity contribution in [3.63, 3.8) is 0 Å². The third-order valence-electron chi connectivity index (χ3n) is 5.27. The number of rotatable bonds is 6. The molecule has 0 saturated carbocycles. The highest BCUT2D eigenvalue weighted by molar-refractivity contribution is 6.00. The number of halogens is 3. The second kappa shape index (κ2) is 10.8. The molecule has 0 N–H and O–H groups in total. The van der Waals surface area contributed by atoms with Crippen LogP contribution in [0.5, 0.6) is 0 Å². The molecular formula is C24H23F3N6O2. The minimum atomic E-state index is -4.92. The number of likely N-dealkylation sites (N-methyl/N-ethyl adjacent to an activating group) is 1. The molecule has 8 nitrogen and oxygen atoms in total. The normalized spacial score (nSPS) is 14.7. The summed E-state index contributed by atoms with van der Waals surface area (Å²) in [6.07, 6.45) is -3.31.